The van der Waals surface area contributed by atoms with Crippen LogP contribution in [0.1, 0.15) is 16.7 Å². The number of hydrogen-bond acceptors (Lipinski definition) is 6. The van der Waals surface area contributed by atoms with Gasteiger partial charge in [0.2, 0.25) is 0 Å². The highest BCUT2D eigenvalue weighted by Crippen LogP contribution is 2.30. The van der Waals surface area contributed by atoms with Gasteiger partial charge >= 0.3 is 0 Å². The van der Waals surface area contributed by atoms with E-state index in [0.29, 0.717) is 47.3 Å². The maximum absolute atomic E-state index is 12.8. The average molecular weight is 424 g/mol. The van der Waals surface area contributed by atoms with Gasteiger partial charge in [-0.2, -0.15) is 5.26 Å². The molecule has 0 amide bonds. The van der Waals surface area contributed by atoms with Gasteiger partial charge < -0.3 is 14.6 Å². The average Bonchev–Trinajstić information content (AvgIpc) is 2.74. The maximum atomic E-state index is 12.8. The number of halogens is 1. The number of phenols is 1. The predicted molar refractivity (Wildman–Crippen MR) is 117 cm³/mol. The summed E-state index contributed by atoms with van der Waals surface area (Å²) in [5.74, 6) is 0.306. The molecule has 3 aromatic rings. The summed E-state index contributed by atoms with van der Waals surface area (Å²) in [4.78, 5) is 21.5. The van der Waals surface area contributed by atoms with Crippen molar-refractivity contribution in [2.24, 2.45) is 7.05 Å². The van der Waals surface area contributed by atoms with Crippen molar-refractivity contribution in [3.63, 3.8) is 0 Å². The summed E-state index contributed by atoms with van der Waals surface area (Å²) in [5.41, 5.74) is 3.49. The van der Waals surface area contributed by atoms with Crippen LogP contribution < -0.4 is 10.5 Å². The molecule has 0 aliphatic carbocycles. The third kappa shape index (κ3) is 3.49. The number of rotatable bonds is 3. The van der Waals surface area contributed by atoms with Gasteiger partial charge in [0, 0.05) is 45.3 Å². The second-order valence-corrected chi connectivity index (χ2v) is 7.92. The Labute approximate surface area is 179 Å². The molecule has 3 heterocycles. The van der Waals surface area contributed by atoms with E-state index in [2.05, 4.69) is 16.0 Å². The highest BCUT2D eigenvalue weighted by molar-refractivity contribution is 6.29. The third-order valence-electron chi connectivity index (χ3n) is 5.75. The van der Waals surface area contributed by atoms with Crippen LogP contribution in [-0.2, 0) is 13.6 Å². The Morgan fingerprint density at radius 2 is 1.93 bits per heavy atom. The Bertz CT molecular complexity index is 1200. The molecular formula is C22H22ClN5O2. The normalized spacial score (nSPS) is 14.8. The molecule has 8 heteroatoms. The van der Waals surface area contributed by atoms with E-state index >= 15 is 0 Å². The first-order valence-electron chi connectivity index (χ1n) is 9.74. The van der Waals surface area contributed by atoms with Crippen molar-refractivity contribution in [3.8, 4) is 11.8 Å². The van der Waals surface area contributed by atoms with Gasteiger partial charge in [0.05, 0.1) is 11.2 Å². The minimum Gasteiger partial charge on any atom is -0.508 e. The van der Waals surface area contributed by atoms with Crippen molar-refractivity contribution < 1.29 is 5.11 Å². The number of anilines is 1. The van der Waals surface area contributed by atoms with Crippen molar-refractivity contribution in [1.29, 1.82) is 5.26 Å². The highest BCUT2D eigenvalue weighted by atomic mass is 35.5. The predicted octanol–water partition coefficient (Wildman–Crippen LogP) is 2.79. The fraction of sp³-hybridized carbons (Fsp3) is 0.318. The number of aryl methyl sites for hydroxylation is 2. The standard InChI is InChI=1S/C22H22ClN5O2/c1-14-4-3-5-18(29)16(14)13-27-8-10-28(11-9-27)21-15(12-24)22(30)26(2)17-6-7-19(23)25-20(17)21/h3-7,29H,8-11,13H2,1-2H3. The molecule has 1 aliphatic rings. The van der Waals surface area contributed by atoms with E-state index in [4.69, 9.17) is 11.6 Å². The number of piperazine rings is 1. The van der Waals surface area contributed by atoms with Gasteiger partial charge in [-0.3, -0.25) is 9.69 Å². The Morgan fingerprint density at radius 3 is 2.60 bits per heavy atom. The number of phenolic OH excluding ortho intramolecular Hbond substituents is 1. The van der Waals surface area contributed by atoms with E-state index in [0.717, 1.165) is 24.2 Å². The monoisotopic (exact) mass is 423 g/mol. The number of aromatic nitrogens is 2. The lowest BCUT2D eigenvalue weighted by Crippen LogP contribution is -2.47. The van der Waals surface area contributed by atoms with Crippen molar-refractivity contribution >= 4 is 28.3 Å². The molecule has 0 spiro atoms. The first-order chi connectivity index (χ1) is 14.4. The van der Waals surface area contributed by atoms with Crippen LogP contribution in [0.15, 0.2) is 35.1 Å². The van der Waals surface area contributed by atoms with E-state index in [9.17, 15) is 15.2 Å². The molecule has 0 saturated carbocycles. The lowest BCUT2D eigenvalue weighted by atomic mass is 10.1. The molecule has 1 saturated heterocycles. The summed E-state index contributed by atoms with van der Waals surface area (Å²) in [7, 11) is 1.64. The molecule has 2 aromatic heterocycles. The van der Waals surface area contributed by atoms with Crippen LogP contribution in [0, 0.1) is 18.3 Å². The van der Waals surface area contributed by atoms with E-state index in [1.807, 2.05) is 24.0 Å². The number of nitrogens with zero attached hydrogens (tertiary/aromatic N) is 5. The summed E-state index contributed by atoms with van der Waals surface area (Å²) >= 11 is 6.13. The van der Waals surface area contributed by atoms with Gasteiger partial charge in [0.1, 0.15) is 28.1 Å². The molecule has 0 radical (unpaired) electrons. The van der Waals surface area contributed by atoms with E-state index in [-0.39, 0.29) is 11.1 Å². The van der Waals surface area contributed by atoms with Gasteiger partial charge in [0.25, 0.3) is 5.56 Å². The molecule has 0 bridgehead atoms. The highest BCUT2D eigenvalue weighted by Gasteiger charge is 2.25. The second-order valence-electron chi connectivity index (χ2n) is 7.54. The molecule has 1 aliphatic heterocycles. The zero-order chi connectivity index (χ0) is 21.4. The van der Waals surface area contributed by atoms with E-state index in [1.165, 1.54) is 4.57 Å². The molecule has 30 heavy (non-hydrogen) atoms. The molecule has 0 unspecified atom stereocenters. The summed E-state index contributed by atoms with van der Waals surface area (Å²) < 4.78 is 1.44. The van der Waals surface area contributed by atoms with E-state index in [1.54, 1.807) is 25.2 Å². The number of benzene rings is 1. The van der Waals surface area contributed by atoms with Crippen LogP contribution in [0.4, 0.5) is 5.69 Å². The van der Waals surface area contributed by atoms with Crippen LogP contribution >= 0.6 is 11.6 Å². The summed E-state index contributed by atoms with van der Waals surface area (Å²) in [6, 6.07) is 11.0. The Kier molecular flexibility index (Phi) is 5.37. The molecule has 1 aromatic carbocycles. The molecule has 1 fully saturated rings. The zero-order valence-corrected chi connectivity index (χ0v) is 17.6. The fourth-order valence-corrected chi connectivity index (χ4v) is 4.17. The Balaban J connectivity index is 1.65. The van der Waals surface area contributed by atoms with Crippen LogP contribution in [0.2, 0.25) is 5.15 Å². The second kappa shape index (κ2) is 7.98. The van der Waals surface area contributed by atoms with Gasteiger partial charge in [-0.15, -0.1) is 0 Å². The van der Waals surface area contributed by atoms with E-state index < -0.39 is 0 Å². The van der Waals surface area contributed by atoms with Crippen molar-refractivity contribution in [1.82, 2.24) is 14.5 Å². The van der Waals surface area contributed by atoms with Gasteiger partial charge in [-0.1, -0.05) is 23.7 Å². The Morgan fingerprint density at radius 1 is 1.20 bits per heavy atom. The summed E-state index contributed by atoms with van der Waals surface area (Å²) in [6.45, 7) is 5.38. The van der Waals surface area contributed by atoms with Crippen LogP contribution in [0.5, 0.6) is 5.75 Å². The molecule has 7 nitrogen and oxygen atoms in total. The lowest BCUT2D eigenvalue weighted by Gasteiger charge is -2.37. The number of nitriles is 1. The fourth-order valence-electron chi connectivity index (χ4n) is 4.02. The smallest absolute Gasteiger partial charge is 0.270 e. The Hall–Kier alpha value is -3.08. The molecule has 1 N–H and O–H groups in total. The first kappa shape index (κ1) is 20.2. The number of fused-ring (bicyclic) bond motifs is 1. The number of hydrogen-bond donors (Lipinski definition) is 1. The number of pyridine rings is 2. The SMILES string of the molecule is Cc1cccc(O)c1CN1CCN(c2c(C#N)c(=O)n(C)c3ccc(Cl)nc23)CC1. The summed E-state index contributed by atoms with van der Waals surface area (Å²) in [6.07, 6.45) is 0. The molecule has 0 atom stereocenters. The zero-order valence-electron chi connectivity index (χ0n) is 16.9. The minimum atomic E-state index is -0.337. The van der Waals surface area contributed by atoms with Gasteiger partial charge in [-0.05, 0) is 30.7 Å². The largest absolute Gasteiger partial charge is 0.508 e. The maximum Gasteiger partial charge on any atom is 0.270 e. The molecule has 4 rings (SSSR count). The quantitative estimate of drug-likeness (QED) is 0.652. The van der Waals surface area contributed by atoms with Crippen molar-refractivity contribution in [3.05, 3.63) is 62.5 Å². The molecule has 154 valence electrons. The van der Waals surface area contributed by atoms with Crippen LogP contribution in [0.25, 0.3) is 11.0 Å². The van der Waals surface area contributed by atoms with Crippen LogP contribution in [-0.4, -0.2) is 45.7 Å². The minimum absolute atomic E-state index is 0.0877. The van der Waals surface area contributed by atoms with Gasteiger partial charge in [-0.25, -0.2) is 4.98 Å². The van der Waals surface area contributed by atoms with Crippen LogP contribution in [0.3, 0.4) is 0 Å². The first-order valence-corrected chi connectivity index (χ1v) is 10.1. The summed E-state index contributed by atoms with van der Waals surface area (Å²) in [5, 5.41) is 20.2. The van der Waals surface area contributed by atoms with Crippen molar-refractivity contribution in [2.75, 3.05) is 31.1 Å². The number of aromatic hydroxyl groups is 1. The molecular weight excluding hydrogens is 402 g/mol. The lowest BCUT2D eigenvalue weighted by molar-refractivity contribution is 0.246. The topological polar surface area (TPSA) is 85.4 Å². The van der Waals surface area contributed by atoms with Gasteiger partial charge in [0.15, 0.2) is 0 Å². The van der Waals surface area contributed by atoms with Crippen molar-refractivity contribution in [2.45, 2.75) is 13.5 Å². The third-order valence-corrected chi connectivity index (χ3v) is 5.96.